The Bertz CT molecular complexity index is 1970. The lowest BCUT2D eigenvalue weighted by atomic mass is 10.0. The van der Waals surface area contributed by atoms with Crippen LogP contribution in [-0.2, 0) is 26.2 Å². The lowest BCUT2D eigenvalue weighted by Gasteiger charge is -2.29. The van der Waals surface area contributed by atoms with Gasteiger partial charge in [0.05, 0.1) is 6.04 Å². The molecule has 0 spiro atoms. The minimum absolute atomic E-state index is 0. The Balaban J connectivity index is 0.000000320. The number of nitrogens with one attached hydrogen (secondary N) is 1. The molecule has 0 bridgehead atoms. The van der Waals surface area contributed by atoms with Gasteiger partial charge in [0.15, 0.2) is 0 Å². The van der Waals surface area contributed by atoms with E-state index < -0.39 is 11.2 Å². The molecule has 6 heteroatoms. The Morgan fingerprint density at radius 3 is 1.21 bits per heavy atom. The van der Waals surface area contributed by atoms with Crippen LogP contribution < -0.4 is 5.32 Å². The summed E-state index contributed by atoms with van der Waals surface area (Å²) in [6.45, 7) is 9.97. The lowest BCUT2D eigenvalue weighted by molar-refractivity contribution is 0.112. The highest BCUT2D eigenvalue weighted by atomic mass is 32.1. The summed E-state index contributed by atoms with van der Waals surface area (Å²) in [5, 5.41) is 22.2. The van der Waals surface area contributed by atoms with Crippen molar-refractivity contribution in [2.45, 2.75) is 71.1 Å². The van der Waals surface area contributed by atoms with Gasteiger partial charge in [-0.1, -0.05) is 200 Å². The van der Waals surface area contributed by atoms with E-state index in [1.807, 2.05) is 60.7 Å². The van der Waals surface area contributed by atoms with Crippen molar-refractivity contribution in [3.8, 4) is 24.2 Å². The standard InChI is InChI=1S/C26H27NO.C14H15N.C7H6O.C5H8O.H2S/c1-26(2,28)19-18-25(24-16-10-5-11-17-24)27(20-22-12-6-3-7-13-22)21-23-14-8-4-9-15-23;1-3-7-13(8-4-1)11-15-12-14-9-5-2-6-10-14;8-6-7-4-2-1-3-5-7;1-4-5(2,3)6;/h3-17,25,28H,20-21H2,1-2H3;1-10,15H,11-12H2;1-6H;1,6H,2-3H3;1H2/t25-;;;;/m1..../s1. The summed E-state index contributed by atoms with van der Waals surface area (Å²) < 4.78 is 0. The molecule has 0 heterocycles. The van der Waals surface area contributed by atoms with Gasteiger partial charge >= 0.3 is 0 Å². The molecular formula is C52H58N2O3S. The van der Waals surface area contributed by atoms with Gasteiger partial charge in [-0.2, -0.15) is 13.5 Å². The number of nitrogens with zero attached hydrogens (tertiary/aromatic N) is 1. The molecule has 0 aliphatic carbocycles. The van der Waals surface area contributed by atoms with Crippen molar-refractivity contribution in [2.24, 2.45) is 0 Å². The monoisotopic (exact) mass is 790 g/mol. The van der Waals surface area contributed by atoms with Crippen LogP contribution in [0, 0.1) is 24.2 Å². The van der Waals surface area contributed by atoms with Crippen molar-refractivity contribution >= 4 is 19.8 Å². The Labute approximate surface area is 354 Å². The third-order valence-electron chi connectivity index (χ3n) is 8.09. The highest BCUT2D eigenvalue weighted by Gasteiger charge is 2.20. The second-order valence-electron chi connectivity index (χ2n) is 14.3. The maximum Gasteiger partial charge on any atom is 0.150 e. The van der Waals surface area contributed by atoms with Gasteiger partial charge in [0, 0.05) is 31.7 Å². The van der Waals surface area contributed by atoms with Gasteiger partial charge in [0.2, 0.25) is 0 Å². The van der Waals surface area contributed by atoms with E-state index >= 15 is 0 Å². The maximum atomic E-state index is 10.2. The van der Waals surface area contributed by atoms with Crippen molar-refractivity contribution in [1.82, 2.24) is 10.2 Å². The number of aldehydes is 1. The molecule has 300 valence electrons. The minimum Gasteiger partial charge on any atom is -0.378 e. The maximum absolute atomic E-state index is 10.2. The Hall–Kier alpha value is -5.70. The molecule has 1 atom stereocenters. The van der Waals surface area contributed by atoms with Crippen LogP contribution in [0.25, 0.3) is 0 Å². The van der Waals surface area contributed by atoms with Crippen LogP contribution in [0.2, 0.25) is 0 Å². The SMILES string of the molecule is C#CC(C)(C)O.CC(C)(O)C#C[C@H](c1ccccc1)N(Cc1ccccc1)Cc1ccccc1.O=Cc1ccccc1.S.c1ccc(CNCc2ccccc2)cc1. The summed E-state index contributed by atoms with van der Waals surface area (Å²) in [6.07, 6.45) is 5.64. The average molecular weight is 791 g/mol. The highest BCUT2D eigenvalue weighted by Crippen LogP contribution is 2.25. The molecule has 0 aromatic heterocycles. The van der Waals surface area contributed by atoms with Crippen molar-refractivity contribution in [2.75, 3.05) is 0 Å². The van der Waals surface area contributed by atoms with Crippen LogP contribution in [0.3, 0.4) is 0 Å². The second kappa shape index (κ2) is 27.0. The fraction of sp³-hybridized carbons (Fsp3) is 0.212. The normalized spacial score (nSPS) is 10.8. The molecule has 5 nitrogen and oxygen atoms in total. The predicted octanol–water partition coefficient (Wildman–Crippen LogP) is 10.2. The van der Waals surface area contributed by atoms with E-state index in [0.29, 0.717) is 0 Å². The first-order valence-electron chi connectivity index (χ1n) is 19.1. The highest BCUT2D eigenvalue weighted by molar-refractivity contribution is 7.59. The van der Waals surface area contributed by atoms with E-state index in [9.17, 15) is 9.90 Å². The van der Waals surface area contributed by atoms with Gasteiger partial charge in [0.25, 0.3) is 0 Å². The van der Waals surface area contributed by atoms with Crippen LogP contribution in [0.1, 0.15) is 71.9 Å². The number of carbonyl (C=O) groups excluding carboxylic acids is 1. The van der Waals surface area contributed by atoms with Crippen molar-refractivity contribution in [3.63, 3.8) is 0 Å². The molecule has 0 aliphatic rings. The summed E-state index contributed by atoms with van der Waals surface area (Å²) in [7, 11) is 0. The number of hydrogen-bond acceptors (Lipinski definition) is 5. The molecule has 0 aliphatic heterocycles. The molecule has 0 saturated carbocycles. The van der Waals surface area contributed by atoms with Crippen LogP contribution in [0.15, 0.2) is 182 Å². The van der Waals surface area contributed by atoms with Crippen LogP contribution in [0.4, 0.5) is 0 Å². The van der Waals surface area contributed by atoms with E-state index in [1.54, 1.807) is 39.8 Å². The fourth-order valence-electron chi connectivity index (χ4n) is 5.21. The largest absolute Gasteiger partial charge is 0.378 e. The van der Waals surface area contributed by atoms with Gasteiger partial charge in [-0.05, 0) is 55.5 Å². The average Bonchev–Trinajstić information content (AvgIpc) is 3.23. The minimum atomic E-state index is -1.03. The molecule has 0 fully saturated rings. The molecule has 0 saturated heterocycles. The first-order chi connectivity index (χ1) is 27.5. The zero-order valence-electron chi connectivity index (χ0n) is 34.1. The van der Waals surface area contributed by atoms with Gasteiger partial charge in [0.1, 0.15) is 17.5 Å². The third kappa shape index (κ3) is 21.6. The first kappa shape index (κ1) is 48.4. The quantitative estimate of drug-likeness (QED) is 0.0901. The van der Waals surface area contributed by atoms with E-state index in [-0.39, 0.29) is 19.5 Å². The molecule has 0 unspecified atom stereocenters. The lowest BCUT2D eigenvalue weighted by Crippen LogP contribution is -2.28. The van der Waals surface area contributed by atoms with Gasteiger partial charge in [-0.25, -0.2) is 0 Å². The fourth-order valence-corrected chi connectivity index (χ4v) is 5.21. The molecule has 6 aromatic carbocycles. The smallest absolute Gasteiger partial charge is 0.150 e. The number of hydrogen-bond donors (Lipinski definition) is 3. The molecule has 58 heavy (non-hydrogen) atoms. The first-order valence-corrected chi connectivity index (χ1v) is 19.1. The van der Waals surface area contributed by atoms with Gasteiger partial charge in [-0.3, -0.25) is 9.69 Å². The van der Waals surface area contributed by atoms with E-state index in [1.165, 1.54) is 22.3 Å². The number of aliphatic hydroxyl groups is 2. The zero-order valence-corrected chi connectivity index (χ0v) is 35.1. The summed E-state index contributed by atoms with van der Waals surface area (Å²) in [5.74, 6) is 8.54. The van der Waals surface area contributed by atoms with Gasteiger partial charge < -0.3 is 15.5 Å². The topological polar surface area (TPSA) is 72.8 Å². The molecule has 0 radical (unpaired) electrons. The summed E-state index contributed by atoms with van der Waals surface area (Å²) in [4.78, 5) is 12.4. The van der Waals surface area contributed by atoms with Gasteiger partial charge in [-0.15, -0.1) is 6.42 Å². The van der Waals surface area contributed by atoms with Crippen LogP contribution >= 0.6 is 13.5 Å². The second-order valence-corrected chi connectivity index (χ2v) is 14.3. The number of rotatable bonds is 11. The van der Waals surface area contributed by atoms with E-state index in [2.05, 4.69) is 137 Å². The zero-order chi connectivity index (χ0) is 41.2. The Morgan fingerprint density at radius 2 is 0.897 bits per heavy atom. The van der Waals surface area contributed by atoms with Crippen LogP contribution in [-0.4, -0.2) is 32.6 Å². The summed E-state index contributed by atoms with van der Waals surface area (Å²) in [5.41, 5.74) is 5.03. The van der Waals surface area contributed by atoms with E-state index in [4.69, 9.17) is 11.5 Å². The molecule has 0 amide bonds. The van der Waals surface area contributed by atoms with Crippen LogP contribution in [0.5, 0.6) is 0 Å². The number of terminal acetylenes is 1. The third-order valence-corrected chi connectivity index (χ3v) is 8.09. The Morgan fingerprint density at radius 1 is 0.569 bits per heavy atom. The molecule has 6 rings (SSSR count). The Kier molecular flexibility index (Phi) is 22.6. The number of benzene rings is 6. The molecule has 6 aromatic rings. The van der Waals surface area contributed by atoms with Crippen molar-refractivity contribution in [1.29, 1.82) is 0 Å². The molecular weight excluding hydrogens is 733 g/mol. The van der Waals surface area contributed by atoms with Crippen molar-refractivity contribution in [3.05, 3.63) is 215 Å². The number of carbonyl (C=O) groups is 1. The van der Waals surface area contributed by atoms with Crippen molar-refractivity contribution < 1.29 is 15.0 Å². The summed E-state index contributed by atoms with van der Waals surface area (Å²) in [6, 6.07) is 61.1. The molecule has 3 N–H and O–H groups in total. The van der Waals surface area contributed by atoms with E-state index in [0.717, 1.165) is 43.6 Å². The summed E-state index contributed by atoms with van der Waals surface area (Å²) >= 11 is 0. The predicted molar refractivity (Wildman–Crippen MR) is 246 cm³/mol.